The molecule has 1 fully saturated rings. The van der Waals surface area contributed by atoms with Gasteiger partial charge in [-0.1, -0.05) is 12.8 Å². The summed E-state index contributed by atoms with van der Waals surface area (Å²) in [5.41, 5.74) is 6.68. The Hall–Kier alpha value is -1.09. The summed E-state index contributed by atoms with van der Waals surface area (Å²) in [7, 11) is 0. The van der Waals surface area contributed by atoms with Crippen molar-refractivity contribution in [3.8, 4) is 5.75 Å². The summed E-state index contributed by atoms with van der Waals surface area (Å²) in [5, 5.41) is 0. The zero-order valence-corrected chi connectivity index (χ0v) is 11.7. The largest absolute Gasteiger partial charge is 0.490 e. The summed E-state index contributed by atoms with van der Waals surface area (Å²) >= 11 is 0. The van der Waals surface area contributed by atoms with Crippen molar-refractivity contribution < 1.29 is 9.13 Å². The molecule has 0 saturated heterocycles. The van der Waals surface area contributed by atoms with Crippen molar-refractivity contribution >= 4 is 0 Å². The predicted molar refractivity (Wildman–Crippen MR) is 75.9 cm³/mol. The number of hydrogen-bond acceptors (Lipinski definition) is 2. The van der Waals surface area contributed by atoms with Gasteiger partial charge in [0, 0.05) is 12.1 Å². The highest BCUT2D eigenvalue weighted by Crippen LogP contribution is 2.24. The summed E-state index contributed by atoms with van der Waals surface area (Å²) < 4.78 is 19.5. The maximum atomic E-state index is 13.6. The van der Waals surface area contributed by atoms with Gasteiger partial charge in [-0.05, 0) is 56.7 Å². The van der Waals surface area contributed by atoms with Crippen molar-refractivity contribution in [2.24, 2.45) is 5.73 Å². The van der Waals surface area contributed by atoms with Gasteiger partial charge in [-0.25, -0.2) is 4.39 Å². The molecular formula is C16H24FNO. The van der Waals surface area contributed by atoms with E-state index in [1.807, 2.05) is 13.0 Å². The molecule has 2 N–H and O–H groups in total. The molecule has 1 aromatic rings. The van der Waals surface area contributed by atoms with Gasteiger partial charge in [0.25, 0.3) is 0 Å². The van der Waals surface area contributed by atoms with Crippen molar-refractivity contribution in [3.05, 3.63) is 29.6 Å². The molecule has 0 radical (unpaired) electrons. The average molecular weight is 265 g/mol. The van der Waals surface area contributed by atoms with E-state index < -0.39 is 0 Å². The maximum absolute atomic E-state index is 13.6. The SMILES string of the molecule is CC(N)Cc1cc(F)cc(OC2CCCCCC2)c1. The summed E-state index contributed by atoms with van der Waals surface area (Å²) in [6.07, 6.45) is 8.10. The molecule has 2 nitrogen and oxygen atoms in total. The Kier molecular flexibility index (Phi) is 5.20. The van der Waals surface area contributed by atoms with Crippen molar-refractivity contribution in [1.82, 2.24) is 0 Å². The molecule has 0 spiro atoms. The molecular weight excluding hydrogens is 241 g/mol. The lowest BCUT2D eigenvalue weighted by Crippen LogP contribution is -2.18. The standard InChI is InChI=1S/C16H24FNO/c1-12(18)8-13-9-14(17)11-16(10-13)19-15-6-4-2-3-5-7-15/h9-12,15H,2-8,18H2,1H3. The molecule has 2 rings (SSSR count). The van der Waals surface area contributed by atoms with Crippen molar-refractivity contribution in [3.63, 3.8) is 0 Å². The van der Waals surface area contributed by atoms with E-state index >= 15 is 0 Å². The summed E-state index contributed by atoms with van der Waals surface area (Å²) in [5.74, 6) is 0.421. The molecule has 0 aromatic heterocycles. The third-order valence-electron chi connectivity index (χ3n) is 3.59. The third kappa shape index (κ3) is 4.83. The average Bonchev–Trinajstić information content (AvgIpc) is 2.55. The molecule has 1 aromatic carbocycles. The number of ether oxygens (including phenoxy) is 1. The van der Waals surface area contributed by atoms with Crippen LogP contribution in [0.1, 0.15) is 51.0 Å². The van der Waals surface area contributed by atoms with Gasteiger partial charge >= 0.3 is 0 Å². The molecule has 0 heterocycles. The van der Waals surface area contributed by atoms with Crippen LogP contribution in [0.25, 0.3) is 0 Å². The highest BCUT2D eigenvalue weighted by atomic mass is 19.1. The molecule has 19 heavy (non-hydrogen) atoms. The number of nitrogens with two attached hydrogens (primary N) is 1. The lowest BCUT2D eigenvalue weighted by atomic mass is 10.1. The fraction of sp³-hybridized carbons (Fsp3) is 0.625. The van der Waals surface area contributed by atoms with Crippen molar-refractivity contribution in [2.75, 3.05) is 0 Å². The van der Waals surface area contributed by atoms with Gasteiger partial charge in [-0.2, -0.15) is 0 Å². The van der Waals surface area contributed by atoms with Crippen LogP contribution < -0.4 is 10.5 Å². The van der Waals surface area contributed by atoms with Crippen LogP contribution in [0.3, 0.4) is 0 Å². The van der Waals surface area contributed by atoms with Crippen LogP contribution in [0.4, 0.5) is 4.39 Å². The zero-order valence-electron chi connectivity index (χ0n) is 11.7. The van der Waals surface area contributed by atoms with Gasteiger partial charge in [-0.3, -0.25) is 0 Å². The summed E-state index contributed by atoms with van der Waals surface area (Å²) in [6, 6.07) is 4.99. The number of rotatable bonds is 4. The monoisotopic (exact) mass is 265 g/mol. The number of benzene rings is 1. The Bertz CT molecular complexity index is 398. The zero-order chi connectivity index (χ0) is 13.7. The Morgan fingerprint density at radius 2 is 1.89 bits per heavy atom. The summed E-state index contributed by atoms with van der Waals surface area (Å²) in [4.78, 5) is 0. The molecule has 0 aliphatic heterocycles. The highest BCUT2D eigenvalue weighted by Gasteiger charge is 2.14. The molecule has 3 heteroatoms. The van der Waals surface area contributed by atoms with Gasteiger partial charge in [0.15, 0.2) is 0 Å². The van der Waals surface area contributed by atoms with Crippen LogP contribution in [0.2, 0.25) is 0 Å². The van der Waals surface area contributed by atoms with E-state index in [2.05, 4.69) is 0 Å². The van der Waals surface area contributed by atoms with E-state index in [1.54, 1.807) is 6.07 Å². The highest BCUT2D eigenvalue weighted by molar-refractivity contribution is 5.30. The van der Waals surface area contributed by atoms with Crippen LogP contribution in [-0.2, 0) is 6.42 Å². The first-order chi connectivity index (χ1) is 9.13. The lowest BCUT2D eigenvalue weighted by molar-refractivity contribution is 0.183. The Labute approximate surface area is 115 Å². The molecule has 1 aliphatic carbocycles. The first kappa shape index (κ1) is 14.3. The number of hydrogen-bond donors (Lipinski definition) is 1. The van der Waals surface area contributed by atoms with Gasteiger partial charge in [-0.15, -0.1) is 0 Å². The van der Waals surface area contributed by atoms with Crippen molar-refractivity contribution in [1.29, 1.82) is 0 Å². The predicted octanol–water partition coefficient (Wildman–Crippen LogP) is 3.82. The van der Waals surface area contributed by atoms with E-state index in [4.69, 9.17) is 10.5 Å². The maximum Gasteiger partial charge on any atom is 0.127 e. The van der Waals surface area contributed by atoms with Crippen LogP contribution in [0.15, 0.2) is 18.2 Å². The minimum atomic E-state index is -0.234. The minimum absolute atomic E-state index is 0.0348. The van der Waals surface area contributed by atoms with Crippen LogP contribution in [0.5, 0.6) is 5.75 Å². The number of halogens is 1. The second-order valence-electron chi connectivity index (χ2n) is 5.71. The topological polar surface area (TPSA) is 35.2 Å². The first-order valence-electron chi connectivity index (χ1n) is 7.35. The third-order valence-corrected chi connectivity index (χ3v) is 3.59. The molecule has 0 amide bonds. The minimum Gasteiger partial charge on any atom is -0.490 e. The van der Waals surface area contributed by atoms with Crippen molar-refractivity contribution in [2.45, 2.75) is 64.0 Å². The van der Waals surface area contributed by atoms with Gasteiger partial charge in [0.05, 0.1) is 6.10 Å². The molecule has 106 valence electrons. The second kappa shape index (κ2) is 6.90. The fourth-order valence-electron chi connectivity index (χ4n) is 2.73. The molecule has 1 atom stereocenters. The van der Waals surface area contributed by atoms with E-state index in [9.17, 15) is 4.39 Å². The molecule has 1 saturated carbocycles. The molecule has 1 aliphatic rings. The van der Waals surface area contributed by atoms with E-state index in [0.29, 0.717) is 12.2 Å². The molecule has 0 bridgehead atoms. The second-order valence-corrected chi connectivity index (χ2v) is 5.71. The van der Waals surface area contributed by atoms with Crippen LogP contribution >= 0.6 is 0 Å². The van der Waals surface area contributed by atoms with Gasteiger partial charge < -0.3 is 10.5 Å². The normalized spacial score (nSPS) is 18.9. The lowest BCUT2D eigenvalue weighted by Gasteiger charge is -2.18. The first-order valence-corrected chi connectivity index (χ1v) is 7.35. The van der Waals surface area contributed by atoms with Gasteiger partial charge in [0.2, 0.25) is 0 Å². The van der Waals surface area contributed by atoms with E-state index in [0.717, 1.165) is 18.4 Å². The Morgan fingerprint density at radius 1 is 1.21 bits per heavy atom. The summed E-state index contributed by atoms with van der Waals surface area (Å²) in [6.45, 7) is 1.93. The fourth-order valence-corrected chi connectivity index (χ4v) is 2.73. The van der Waals surface area contributed by atoms with Crippen LogP contribution in [0, 0.1) is 5.82 Å². The van der Waals surface area contributed by atoms with E-state index in [-0.39, 0.29) is 18.0 Å². The molecule has 1 unspecified atom stereocenters. The quantitative estimate of drug-likeness (QED) is 0.840. The van der Waals surface area contributed by atoms with Crippen LogP contribution in [-0.4, -0.2) is 12.1 Å². The Balaban J connectivity index is 2.04. The Morgan fingerprint density at radius 3 is 2.53 bits per heavy atom. The van der Waals surface area contributed by atoms with Gasteiger partial charge in [0.1, 0.15) is 11.6 Å². The smallest absolute Gasteiger partial charge is 0.127 e. The van der Waals surface area contributed by atoms with E-state index in [1.165, 1.54) is 31.7 Å².